The number of halogens is 5. The number of hydrogen-bond acceptors (Lipinski definition) is 16. The summed E-state index contributed by atoms with van der Waals surface area (Å²) in [6.07, 6.45) is 13.8. The molecule has 8 heterocycles. The number of rotatable bonds is 24. The molecule has 8 aromatic heterocycles. The monoisotopic (exact) mass is 1940 g/mol. The molecule has 0 saturated heterocycles. The van der Waals surface area contributed by atoms with Crippen molar-refractivity contribution in [2.75, 3.05) is 21.3 Å². The Morgan fingerprint density at radius 2 is 0.557 bits per heavy atom. The van der Waals surface area contributed by atoms with E-state index in [1.807, 2.05) is 138 Å². The summed E-state index contributed by atoms with van der Waals surface area (Å²) < 4.78 is 75.0. The minimum absolute atomic E-state index is 0.0946. The van der Waals surface area contributed by atoms with Crippen LogP contribution in [0.15, 0.2) is 338 Å². The molecule has 0 aliphatic heterocycles. The van der Waals surface area contributed by atoms with Gasteiger partial charge in [0.05, 0.1) is 91.3 Å². The molecule has 0 fully saturated rings. The highest BCUT2D eigenvalue weighted by Crippen LogP contribution is 2.49. The summed E-state index contributed by atoms with van der Waals surface area (Å²) in [5.41, 5.74) is 14.6. The van der Waals surface area contributed by atoms with Crippen LogP contribution in [0.2, 0.25) is 0 Å². The Morgan fingerprint density at radius 1 is 0.279 bits per heavy atom. The van der Waals surface area contributed by atoms with Crippen molar-refractivity contribution < 1.29 is 41.1 Å². The maximum absolute atomic E-state index is 14.3. The van der Waals surface area contributed by atoms with Gasteiger partial charge in [0.1, 0.15) is 29.1 Å². The Kier molecular flexibility index (Phi) is 28.2. The van der Waals surface area contributed by atoms with Gasteiger partial charge in [-0.15, -0.1) is 45.3 Å². The molecule has 4 N–H and O–H groups in total. The van der Waals surface area contributed by atoms with Crippen molar-refractivity contribution >= 4 is 133 Å². The summed E-state index contributed by atoms with van der Waals surface area (Å²) in [6.45, 7) is 21.7. The molecule has 29 heteroatoms. The lowest BCUT2D eigenvalue weighted by molar-refractivity contribution is -0.125. The molecule has 20 aromatic rings. The molecule has 0 saturated carbocycles. The fraction of sp³-hybridized carbons (Fsp3) is 0.171. The first kappa shape index (κ1) is 96.3. The Labute approximate surface area is 821 Å². The van der Waals surface area contributed by atoms with E-state index in [1.54, 1.807) is 128 Å². The van der Waals surface area contributed by atoms with Crippen LogP contribution in [0.1, 0.15) is 140 Å². The van der Waals surface area contributed by atoms with Gasteiger partial charge in [-0.3, -0.25) is 19.2 Å². The molecular formula is C111H97F5N16O4S4. The van der Waals surface area contributed by atoms with Crippen LogP contribution in [0, 0.1) is 71.5 Å². The van der Waals surface area contributed by atoms with Gasteiger partial charge in [-0.2, -0.15) is 20.4 Å². The molecule has 704 valence electrons. The third-order valence-electron chi connectivity index (χ3n) is 25.3. The number of anilines is 4. The van der Waals surface area contributed by atoms with Crippen LogP contribution >= 0.6 is 45.3 Å². The average molecular weight is 1940 g/mol. The second-order valence-electron chi connectivity index (χ2n) is 36.4. The number of thiazole rings is 4. The highest BCUT2D eigenvalue weighted by molar-refractivity contribution is 7.14. The zero-order chi connectivity index (χ0) is 98.3. The molecule has 0 bridgehead atoms. The van der Waals surface area contributed by atoms with E-state index in [9.17, 15) is 41.1 Å². The second kappa shape index (κ2) is 41.1. The third kappa shape index (κ3) is 21.0. The highest BCUT2D eigenvalue weighted by Gasteiger charge is 2.44. The lowest BCUT2D eigenvalue weighted by Crippen LogP contribution is -2.37. The van der Waals surface area contributed by atoms with Crippen LogP contribution in [0.4, 0.5) is 42.5 Å². The molecule has 4 unspecified atom stereocenters. The van der Waals surface area contributed by atoms with Crippen molar-refractivity contribution in [1.29, 1.82) is 0 Å². The van der Waals surface area contributed by atoms with Crippen molar-refractivity contribution in [3.63, 3.8) is 0 Å². The molecule has 4 atom stereocenters. The first-order valence-corrected chi connectivity index (χ1v) is 48.6. The summed E-state index contributed by atoms with van der Waals surface area (Å²) in [5, 5.41) is 43.2. The van der Waals surface area contributed by atoms with E-state index in [-0.39, 0.29) is 70.5 Å². The van der Waals surface area contributed by atoms with Gasteiger partial charge in [-0.05, 0) is 229 Å². The number of carbonyl (C=O) groups excluding carboxylic acids is 4. The average Bonchev–Trinajstić information content (AvgIpc) is 1.53. The van der Waals surface area contributed by atoms with Crippen LogP contribution in [-0.4, -0.2) is 82.7 Å². The number of nitrogens with zero attached hydrogens (tertiary/aromatic N) is 12. The van der Waals surface area contributed by atoms with Crippen LogP contribution in [-0.2, 0) is 19.2 Å². The SMILES string of the molecule is CC(C)(C(=O)Nc1nccs1)C(c1cccc(F)c1)c1ccc2c(cnn2-c2ccc(F)cc2)c1.Cc1ccc(C(c2ccc3c(cnn3-c3ccc(F)cc3)c2)C(C)(C)C(=O)Nc2nccs2)cc1.Cc1cccc(C(c2ccc3c(cnn3-c3ccc(F)cc3)c2)C(C)(C)C(=O)Nc2nccs2)c1.Cc1ccccc1C(c1ccc2c(cnn2-c2ccc(F)cc2)c1)C(C)(C)C(=O)Nc1nccs1. The summed E-state index contributed by atoms with van der Waals surface area (Å²) in [5.74, 6) is -3.11. The maximum Gasteiger partial charge on any atom is 0.232 e. The summed E-state index contributed by atoms with van der Waals surface area (Å²) >= 11 is 5.54. The molecule has 0 spiro atoms. The Balaban J connectivity index is 0.000000129. The van der Waals surface area contributed by atoms with E-state index in [2.05, 4.69) is 167 Å². The van der Waals surface area contributed by atoms with Crippen LogP contribution in [0.5, 0.6) is 0 Å². The lowest BCUT2D eigenvalue weighted by atomic mass is 9.69. The van der Waals surface area contributed by atoms with Crippen molar-refractivity contribution in [3.05, 3.63) is 428 Å². The topological polar surface area (TPSA) is 239 Å². The summed E-state index contributed by atoms with van der Waals surface area (Å²) in [6, 6.07) is 80.3. The van der Waals surface area contributed by atoms with E-state index in [0.29, 0.717) is 26.1 Å². The molecule has 20 rings (SSSR count). The summed E-state index contributed by atoms with van der Waals surface area (Å²) in [7, 11) is 0. The van der Waals surface area contributed by atoms with E-state index in [0.717, 1.165) is 122 Å². The fourth-order valence-electron chi connectivity index (χ4n) is 18.0. The molecule has 12 aromatic carbocycles. The Morgan fingerprint density at radius 3 is 0.857 bits per heavy atom. The smallest absolute Gasteiger partial charge is 0.232 e. The molecule has 0 aliphatic carbocycles. The van der Waals surface area contributed by atoms with E-state index in [1.165, 1.54) is 106 Å². The van der Waals surface area contributed by atoms with Gasteiger partial charge >= 0.3 is 0 Å². The quantitative estimate of drug-likeness (QED) is 0.0413. The number of amides is 4. The standard InChI is InChI=1S/3C28H25FN4OS.C27H22F2N4OS/c1-18-4-6-19(7-5-18)25(28(2,3)26(34)32-27-30-14-15-35-27)20-8-13-24-21(16-20)17-31-33(24)23-11-9-22(29)10-12-23;1-18-5-4-6-19(15-18)25(28(2,3)26(34)32-27-30-13-14-35-27)20-7-12-24-21(16-20)17-31-33(24)23-10-8-22(29)9-11-23;1-18-6-4-5-7-23(18)25(28(2,3)26(34)32-27-30-14-15-35-27)19-8-13-24-20(16-19)17-31-33(24)22-11-9-21(29)10-12-22;1-27(2,25(34)32-26-30-12-13-35-26)24(17-4-3-5-21(29)15-17)18-6-11-23-19(14-18)16-31-33(23)22-9-7-20(28)8-10-22/h3*4-17,25H,1-3H3,(H,30,32,34);3-16,24H,1-2H3,(H,30,32,34). The van der Waals surface area contributed by atoms with Crippen molar-refractivity contribution in [2.24, 2.45) is 21.7 Å². The first-order chi connectivity index (χ1) is 67.3. The molecule has 140 heavy (non-hydrogen) atoms. The van der Waals surface area contributed by atoms with Gasteiger partial charge in [0, 0.05) is 91.5 Å². The molecule has 0 aliphatic rings. The van der Waals surface area contributed by atoms with Gasteiger partial charge in [0.15, 0.2) is 20.5 Å². The fourth-order valence-corrected chi connectivity index (χ4v) is 20.1. The molecule has 20 nitrogen and oxygen atoms in total. The normalized spacial score (nSPS) is 12.6. The van der Waals surface area contributed by atoms with Gasteiger partial charge in [0.2, 0.25) is 23.6 Å². The number of hydrogen-bond donors (Lipinski definition) is 4. The first-order valence-electron chi connectivity index (χ1n) is 45.1. The third-order valence-corrected chi connectivity index (χ3v) is 28.0. The van der Waals surface area contributed by atoms with E-state index >= 15 is 0 Å². The Bertz CT molecular complexity index is 7550. The Hall–Kier alpha value is -15.4. The zero-order valence-corrected chi connectivity index (χ0v) is 81.4. The number of aromatic nitrogens is 12. The van der Waals surface area contributed by atoms with E-state index in [4.69, 9.17) is 0 Å². The zero-order valence-electron chi connectivity index (χ0n) is 78.2. The number of fused-ring (bicyclic) bond motifs is 4. The number of carbonyl (C=O) groups is 4. The summed E-state index contributed by atoms with van der Waals surface area (Å²) in [4.78, 5) is 70.7. The largest absolute Gasteiger partial charge is 0.301 e. The molecule has 4 amide bonds. The van der Waals surface area contributed by atoms with Crippen LogP contribution < -0.4 is 21.3 Å². The maximum atomic E-state index is 14.3. The van der Waals surface area contributed by atoms with Gasteiger partial charge < -0.3 is 21.3 Å². The van der Waals surface area contributed by atoms with Gasteiger partial charge in [-0.25, -0.2) is 60.6 Å². The van der Waals surface area contributed by atoms with Crippen LogP contribution in [0.3, 0.4) is 0 Å². The van der Waals surface area contributed by atoms with Crippen LogP contribution in [0.25, 0.3) is 66.4 Å². The highest BCUT2D eigenvalue weighted by atomic mass is 32.1. The lowest BCUT2D eigenvalue weighted by Gasteiger charge is -2.34. The number of nitrogens with one attached hydrogen (secondary N) is 4. The minimum atomic E-state index is -0.944. The molecule has 0 radical (unpaired) electrons. The number of aryl methyl sites for hydroxylation is 3. The van der Waals surface area contributed by atoms with Gasteiger partial charge in [0.25, 0.3) is 0 Å². The van der Waals surface area contributed by atoms with Gasteiger partial charge in [-0.1, -0.05) is 176 Å². The van der Waals surface area contributed by atoms with Crippen molar-refractivity contribution in [3.8, 4) is 22.7 Å². The van der Waals surface area contributed by atoms with Crippen molar-refractivity contribution in [1.82, 2.24) is 59.1 Å². The van der Waals surface area contributed by atoms with Crippen molar-refractivity contribution in [2.45, 2.75) is 99.8 Å². The predicted octanol–water partition coefficient (Wildman–Crippen LogP) is 26.7. The number of benzene rings is 12. The van der Waals surface area contributed by atoms with E-state index < -0.39 is 27.6 Å². The second-order valence-corrected chi connectivity index (χ2v) is 40.0. The minimum Gasteiger partial charge on any atom is -0.301 e. The predicted molar refractivity (Wildman–Crippen MR) is 550 cm³/mol. The molecular weight excluding hydrogens is 1840 g/mol.